The minimum Gasteiger partial charge on any atom is -0.374 e. The summed E-state index contributed by atoms with van der Waals surface area (Å²) in [4.78, 5) is 14.4. The Morgan fingerprint density at radius 1 is 1.11 bits per heavy atom. The van der Waals surface area contributed by atoms with E-state index < -0.39 is 0 Å². The van der Waals surface area contributed by atoms with Crippen molar-refractivity contribution in [2.75, 3.05) is 26.2 Å². The van der Waals surface area contributed by atoms with Crippen molar-refractivity contribution < 1.29 is 9.53 Å². The number of amides is 1. The number of nitrogens with one attached hydrogen (secondary N) is 1. The van der Waals surface area contributed by atoms with Gasteiger partial charge in [0.15, 0.2) is 0 Å². The predicted octanol–water partition coefficient (Wildman–Crippen LogP) is 4.33. The molecule has 1 N–H and O–H groups in total. The molecular formula is C22H26Cl2N2O2. The van der Waals surface area contributed by atoms with E-state index in [0.717, 1.165) is 38.0 Å². The molecule has 1 aliphatic rings. The molecule has 2 aromatic rings. The highest BCUT2D eigenvalue weighted by Gasteiger charge is 2.21. The first-order chi connectivity index (χ1) is 13.6. The monoisotopic (exact) mass is 420 g/mol. The molecular weight excluding hydrogens is 395 g/mol. The molecule has 1 heterocycles. The topological polar surface area (TPSA) is 41.6 Å². The minimum atomic E-state index is 0.00888. The van der Waals surface area contributed by atoms with Crippen molar-refractivity contribution in [3.05, 3.63) is 69.7 Å². The fraction of sp³-hybridized carbons (Fsp3) is 0.409. The molecule has 0 aliphatic carbocycles. The summed E-state index contributed by atoms with van der Waals surface area (Å²) in [6.07, 6.45) is 2.32. The molecule has 1 fully saturated rings. The van der Waals surface area contributed by atoms with Gasteiger partial charge in [0.05, 0.1) is 22.8 Å². The first-order valence-corrected chi connectivity index (χ1v) is 10.4. The van der Waals surface area contributed by atoms with Crippen molar-refractivity contribution in [1.82, 2.24) is 10.2 Å². The number of hydrogen-bond acceptors (Lipinski definition) is 3. The van der Waals surface area contributed by atoms with Gasteiger partial charge in [-0.15, -0.1) is 0 Å². The number of halogens is 2. The van der Waals surface area contributed by atoms with E-state index in [-0.39, 0.29) is 12.0 Å². The standard InChI is InChI=1S/C22H26Cl2N2O2/c23-20-10-9-18(13-21(20)24)15-26-11-12-28-19(16-26)14-25-22(27)8-4-7-17-5-2-1-3-6-17/h1-3,5-6,9-10,13,19H,4,7-8,11-12,14-16H2,(H,25,27). The Kier molecular flexibility index (Phi) is 8.16. The van der Waals surface area contributed by atoms with Gasteiger partial charge in [-0.1, -0.05) is 59.6 Å². The number of ether oxygens (including phenoxy) is 1. The zero-order valence-electron chi connectivity index (χ0n) is 15.9. The molecule has 0 spiro atoms. The Hall–Kier alpha value is -1.59. The van der Waals surface area contributed by atoms with Crippen LogP contribution in [-0.4, -0.2) is 43.2 Å². The van der Waals surface area contributed by atoms with Gasteiger partial charge >= 0.3 is 0 Å². The van der Waals surface area contributed by atoms with Crippen LogP contribution in [0.5, 0.6) is 0 Å². The Morgan fingerprint density at radius 2 is 1.93 bits per heavy atom. The van der Waals surface area contributed by atoms with E-state index in [1.165, 1.54) is 5.56 Å². The Balaban J connectivity index is 1.37. The second-order valence-corrected chi connectivity index (χ2v) is 7.93. The molecule has 1 amide bonds. The molecule has 0 bridgehead atoms. The highest BCUT2D eigenvalue weighted by Crippen LogP contribution is 2.23. The predicted molar refractivity (Wildman–Crippen MR) is 114 cm³/mol. The average molecular weight is 421 g/mol. The molecule has 6 heteroatoms. The summed E-state index contributed by atoms with van der Waals surface area (Å²) in [5.41, 5.74) is 2.39. The number of rotatable bonds is 8. The third-order valence-electron chi connectivity index (χ3n) is 4.85. The van der Waals surface area contributed by atoms with Crippen LogP contribution in [-0.2, 0) is 22.5 Å². The highest BCUT2D eigenvalue weighted by molar-refractivity contribution is 6.42. The lowest BCUT2D eigenvalue weighted by atomic mass is 10.1. The van der Waals surface area contributed by atoms with E-state index in [2.05, 4.69) is 22.3 Å². The van der Waals surface area contributed by atoms with Gasteiger partial charge < -0.3 is 10.1 Å². The molecule has 4 nitrogen and oxygen atoms in total. The van der Waals surface area contributed by atoms with Crippen LogP contribution in [0.15, 0.2) is 48.5 Å². The maximum Gasteiger partial charge on any atom is 0.220 e. The van der Waals surface area contributed by atoms with Gasteiger partial charge in [-0.05, 0) is 36.1 Å². The lowest BCUT2D eigenvalue weighted by Crippen LogP contribution is -2.47. The van der Waals surface area contributed by atoms with E-state index in [0.29, 0.717) is 29.6 Å². The number of benzene rings is 2. The van der Waals surface area contributed by atoms with Gasteiger partial charge in [0.1, 0.15) is 0 Å². The van der Waals surface area contributed by atoms with Crippen LogP contribution in [0.3, 0.4) is 0 Å². The number of hydrogen-bond donors (Lipinski definition) is 1. The fourth-order valence-electron chi connectivity index (χ4n) is 3.36. The van der Waals surface area contributed by atoms with Crippen LogP contribution >= 0.6 is 23.2 Å². The van der Waals surface area contributed by atoms with Crippen molar-refractivity contribution >= 4 is 29.1 Å². The number of carbonyl (C=O) groups is 1. The maximum atomic E-state index is 12.1. The lowest BCUT2D eigenvalue weighted by molar-refractivity contribution is -0.122. The van der Waals surface area contributed by atoms with Crippen molar-refractivity contribution in [3.8, 4) is 0 Å². The zero-order valence-corrected chi connectivity index (χ0v) is 17.4. The molecule has 0 saturated carbocycles. The van der Waals surface area contributed by atoms with Crippen LogP contribution in [0.25, 0.3) is 0 Å². The van der Waals surface area contributed by atoms with Crippen molar-refractivity contribution in [2.45, 2.75) is 31.9 Å². The number of aryl methyl sites for hydroxylation is 1. The van der Waals surface area contributed by atoms with Crippen molar-refractivity contribution in [1.29, 1.82) is 0 Å². The molecule has 150 valence electrons. The van der Waals surface area contributed by atoms with Crippen LogP contribution in [0.4, 0.5) is 0 Å². The van der Waals surface area contributed by atoms with E-state index in [1.807, 2.05) is 36.4 Å². The van der Waals surface area contributed by atoms with Gasteiger partial charge in [-0.25, -0.2) is 0 Å². The third-order valence-corrected chi connectivity index (χ3v) is 5.59. The van der Waals surface area contributed by atoms with Crippen molar-refractivity contribution in [3.63, 3.8) is 0 Å². The SMILES string of the molecule is O=C(CCCc1ccccc1)NCC1CN(Cc2ccc(Cl)c(Cl)c2)CCO1. The van der Waals surface area contributed by atoms with Crippen LogP contribution in [0, 0.1) is 0 Å². The van der Waals surface area contributed by atoms with E-state index in [9.17, 15) is 4.79 Å². The Bertz CT molecular complexity index is 770. The van der Waals surface area contributed by atoms with E-state index in [1.54, 1.807) is 0 Å². The molecule has 1 atom stereocenters. The largest absolute Gasteiger partial charge is 0.374 e. The molecule has 0 radical (unpaired) electrons. The number of morpholine rings is 1. The molecule has 1 aliphatic heterocycles. The summed E-state index contributed by atoms with van der Waals surface area (Å²) in [5, 5.41) is 4.16. The zero-order chi connectivity index (χ0) is 19.8. The van der Waals surface area contributed by atoms with Crippen LogP contribution in [0.1, 0.15) is 24.0 Å². The molecule has 28 heavy (non-hydrogen) atoms. The summed E-state index contributed by atoms with van der Waals surface area (Å²) in [7, 11) is 0. The van der Waals surface area contributed by atoms with Crippen molar-refractivity contribution in [2.24, 2.45) is 0 Å². The number of nitrogens with zero attached hydrogens (tertiary/aromatic N) is 1. The highest BCUT2D eigenvalue weighted by atomic mass is 35.5. The maximum absolute atomic E-state index is 12.1. The molecule has 2 aromatic carbocycles. The van der Waals surface area contributed by atoms with Gasteiger partial charge in [0.2, 0.25) is 5.91 Å². The van der Waals surface area contributed by atoms with E-state index in [4.69, 9.17) is 27.9 Å². The molecule has 1 unspecified atom stereocenters. The summed E-state index contributed by atoms with van der Waals surface area (Å²) >= 11 is 12.1. The van der Waals surface area contributed by atoms with Crippen LogP contribution < -0.4 is 5.32 Å². The summed E-state index contributed by atoms with van der Waals surface area (Å²) in [6.45, 7) is 3.64. The van der Waals surface area contributed by atoms with Crippen LogP contribution in [0.2, 0.25) is 10.0 Å². The lowest BCUT2D eigenvalue weighted by Gasteiger charge is -2.33. The van der Waals surface area contributed by atoms with Gasteiger partial charge in [-0.3, -0.25) is 9.69 Å². The first kappa shape index (κ1) is 21.1. The quantitative estimate of drug-likeness (QED) is 0.690. The average Bonchev–Trinajstić information content (AvgIpc) is 2.70. The smallest absolute Gasteiger partial charge is 0.220 e. The molecule has 3 rings (SSSR count). The Labute approximate surface area is 176 Å². The third kappa shape index (κ3) is 6.78. The fourth-order valence-corrected chi connectivity index (χ4v) is 3.68. The van der Waals surface area contributed by atoms with Gasteiger partial charge in [0, 0.05) is 32.6 Å². The summed E-state index contributed by atoms with van der Waals surface area (Å²) < 4.78 is 5.81. The van der Waals surface area contributed by atoms with E-state index >= 15 is 0 Å². The van der Waals surface area contributed by atoms with Gasteiger partial charge in [0.25, 0.3) is 0 Å². The van der Waals surface area contributed by atoms with Gasteiger partial charge in [-0.2, -0.15) is 0 Å². The number of carbonyl (C=O) groups excluding carboxylic acids is 1. The molecule has 1 saturated heterocycles. The Morgan fingerprint density at radius 3 is 2.71 bits per heavy atom. The minimum absolute atomic E-state index is 0.00888. The second-order valence-electron chi connectivity index (χ2n) is 7.12. The first-order valence-electron chi connectivity index (χ1n) is 9.68. The molecule has 0 aromatic heterocycles. The summed E-state index contributed by atoms with van der Waals surface area (Å²) in [5.74, 6) is 0.0844. The second kappa shape index (κ2) is 10.8. The summed E-state index contributed by atoms with van der Waals surface area (Å²) in [6, 6.07) is 16.0. The normalized spacial score (nSPS) is 17.4.